The van der Waals surface area contributed by atoms with Gasteiger partial charge in [-0.05, 0) is 56.0 Å². The molecule has 1 aliphatic rings. The third-order valence-corrected chi connectivity index (χ3v) is 5.90. The zero-order valence-electron chi connectivity index (χ0n) is 18.4. The molecule has 0 unspecified atom stereocenters. The fraction of sp³-hybridized carbons (Fsp3) is 0.417. The van der Waals surface area contributed by atoms with Crippen molar-refractivity contribution < 1.29 is 9.13 Å². The number of methoxy groups -OCH3 is 1. The van der Waals surface area contributed by atoms with Crippen LogP contribution in [0.4, 0.5) is 16.2 Å². The van der Waals surface area contributed by atoms with E-state index in [1.165, 1.54) is 6.07 Å². The number of nitrogens with one attached hydrogen (secondary N) is 2. The van der Waals surface area contributed by atoms with Crippen LogP contribution >= 0.6 is 0 Å². The second-order valence-corrected chi connectivity index (χ2v) is 8.31. The van der Waals surface area contributed by atoms with E-state index in [4.69, 9.17) is 14.7 Å². The lowest BCUT2D eigenvalue weighted by Gasteiger charge is -2.30. The van der Waals surface area contributed by atoms with E-state index in [0.717, 1.165) is 42.4 Å². The Morgan fingerprint density at radius 2 is 1.77 bits per heavy atom. The number of aromatic nitrogens is 2. The Labute approximate surface area is 182 Å². The van der Waals surface area contributed by atoms with Crippen molar-refractivity contribution in [2.24, 2.45) is 0 Å². The predicted molar refractivity (Wildman–Crippen MR) is 123 cm³/mol. The number of para-hydroxylation sites is 1. The SMILES string of the molecule is COc1ccc(F)c(CNC2CCC(Nc3nc(N(C)C)c4ccccc4n3)CC2)c1. The molecule has 31 heavy (non-hydrogen) atoms. The maximum atomic E-state index is 14.0. The summed E-state index contributed by atoms with van der Waals surface area (Å²) in [4.78, 5) is 11.5. The summed E-state index contributed by atoms with van der Waals surface area (Å²) in [7, 11) is 5.60. The molecular weight excluding hydrogens is 393 g/mol. The fourth-order valence-electron chi connectivity index (χ4n) is 4.16. The van der Waals surface area contributed by atoms with Crippen LogP contribution in [0.1, 0.15) is 31.2 Å². The van der Waals surface area contributed by atoms with Gasteiger partial charge in [0.05, 0.1) is 12.6 Å². The zero-order valence-corrected chi connectivity index (χ0v) is 18.4. The highest BCUT2D eigenvalue weighted by Crippen LogP contribution is 2.26. The topological polar surface area (TPSA) is 62.3 Å². The van der Waals surface area contributed by atoms with Gasteiger partial charge in [0.15, 0.2) is 0 Å². The Morgan fingerprint density at radius 3 is 2.52 bits per heavy atom. The number of benzene rings is 2. The quantitative estimate of drug-likeness (QED) is 0.589. The third-order valence-electron chi connectivity index (χ3n) is 5.90. The van der Waals surface area contributed by atoms with Crippen LogP contribution in [0.3, 0.4) is 0 Å². The van der Waals surface area contributed by atoms with Crippen LogP contribution in [-0.2, 0) is 6.54 Å². The fourth-order valence-corrected chi connectivity index (χ4v) is 4.16. The first-order chi connectivity index (χ1) is 15.0. The molecule has 0 amide bonds. The van der Waals surface area contributed by atoms with Crippen LogP contribution in [0.15, 0.2) is 42.5 Å². The number of hydrogen-bond acceptors (Lipinski definition) is 6. The summed E-state index contributed by atoms with van der Waals surface area (Å²) in [6, 6.07) is 13.7. The molecule has 2 aromatic carbocycles. The van der Waals surface area contributed by atoms with Crippen LogP contribution in [0.5, 0.6) is 5.75 Å². The molecule has 0 aliphatic heterocycles. The van der Waals surface area contributed by atoms with Crippen molar-refractivity contribution in [3.8, 4) is 5.75 Å². The average Bonchev–Trinajstić information content (AvgIpc) is 2.79. The third kappa shape index (κ3) is 5.05. The molecule has 0 atom stereocenters. The van der Waals surface area contributed by atoms with Gasteiger partial charge in [-0.3, -0.25) is 0 Å². The zero-order chi connectivity index (χ0) is 21.8. The van der Waals surface area contributed by atoms with Crippen molar-refractivity contribution in [1.82, 2.24) is 15.3 Å². The van der Waals surface area contributed by atoms with Gasteiger partial charge in [-0.25, -0.2) is 9.37 Å². The molecule has 1 fully saturated rings. The Bertz CT molecular complexity index is 1030. The summed E-state index contributed by atoms with van der Waals surface area (Å²) in [6.07, 6.45) is 4.09. The largest absolute Gasteiger partial charge is 0.497 e. The summed E-state index contributed by atoms with van der Waals surface area (Å²) in [6.45, 7) is 0.506. The number of fused-ring (bicyclic) bond motifs is 1. The van der Waals surface area contributed by atoms with E-state index in [0.29, 0.717) is 35.9 Å². The van der Waals surface area contributed by atoms with Crippen LogP contribution in [0.25, 0.3) is 10.9 Å². The number of nitrogens with zero attached hydrogens (tertiary/aromatic N) is 3. The Hall–Kier alpha value is -2.93. The molecule has 1 saturated carbocycles. The predicted octanol–water partition coefficient (Wildman–Crippen LogP) is 4.36. The van der Waals surface area contributed by atoms with Gasteiger partial charge in [-0.15, -0.1) is 0 Å². The number of hydrogen-bond donors (Lipinski definition) is 2. The van der Waals surface area contributed by atoms with Crippen molar-refractivity contribution >= 4 is 22.7 Å². The standard InChI is InChI=1S/C24H30FN5O/c1-30(2)23-20-6-4-5-7-22(20)28-24(29-23)27-18-10-8-17(9-11-18)26-15-16-14-19(31-3)12-13-21(16)25/h4-7,12-14,17-18,26H,8-11,15H2,1-3H3,(H,27,28,29). The van der Waals surface area contributed by atoms with E-state index in [1.807, 2.05) is 37.2 Å². The Balaban J connectivity index is 1.34. The number of ether oxygens (including phenoxy) is 1. The molecule has 2 N–H and O–H groups in total. The monoisotopic (exact) mass is 423 g/mol. The van der Waals surface area contributed by atoms with Crippen molar-refractivity contribution in [2.75, 3.05) is 31.4 Å². The number of rotatable bonds is 7. The molecule has 1 heterocycles. The minimum atomic E-state index is -0.200. The first-order valence-electron chi connectivity index (χ1n) is 10.8. The normalized spacial score (nSPS) is 18.7. The van der Waals surface area contributed by atoms with E-state index in [9.17, 15) is 4.39 Å². The molecule has 0 bridgehead atoms. The van der Waals surface area contributed by atoms with Crippen molar-refractivity contribution in [2.45, 2.75) is 44.3 Å². The van der Waals surface area contributed by atoms with Crippen LogP contribution < -0.4 is 20.3 Å². The van der Waals surface area contributed by atoms with Crippen LogP contribution in [0, 0.1) is 5.82 Å². The number of halogens is 1. The van der Waals surface area contributed by atoms with Gasteiger partial charge in [0.25, 0.3) is 0 Å². The molecule has 1 aliphatic carbocycles. The second-order valence-electron chi connectivity index (χ2n) is 8.31. The van der Waals surface area contributed by atoms with Gasteiger partial charge in [0, 0.05) is 43.7 Å². The molecule has 6 nitrogen and oxygen atoms in total. The maximum Gasteiger partial charge on any atom is 0.225 e. The van der Waals surface area contributed by atoms with Gasteiger partial charge in [-0.1, -0.05) is 12.1 Å². The summed E-state index contributed by atoms with van der Waals surface area (Å²) in [5.74, 6) is 2.08. The molecule has 0 saturated heterocycles. The maximum absolute atomic E-state index is 14.0. The Kier molecular flexibility index (Phi) is 6.51. The van der Waals surface area contributed by atoms with Gasteiger partial charge >= 0.3 is 0 Å². The first-order valence-corrected chi connectivity index (χ1v) is 10.8. The average molecular weight is 424 g/mol. The minimum Gasteiger partial charge on any atom is -0.497 e. The first kappa shape index (κ1) is 21.3. The lowest BCUT2D eigenvalue weighted by Crippen LogP contribution is -2.37. The molecular formula is C24H30FN5O. The van der Waals surface area contributed by atoms with Crippen molar-refractivity contribution in [3.05, 3.63) is 53.8 Å². The number of anilines is 2. The summed E-state index contributed by atoms with van der Waals surface area (Å²) < 4.78 is 19.2. The van der Waals surface area contributed by atoms with E-state index >= 15 is 0 Å². The van der Waals surface area contributed by atoms with Gasteiger partial charge in [0.2, 0.25) is 5.95 Å². The van der Waals surface area contributed by atoms with Gasteiger partial charge in [0.1, 0.15) is 17.4 Å². The van der Waals surface area contributed by atoms with Crippen LogP contribution in [0.2, 0.25) is 0 Å². The molecule has 7 heteroatoms. The highest BCUT2D eigenvalue weighted by atomic mass is 19.1. The van der Waals surface area contributed by atoms with E-state index in [2.05, 4.69) is 16.7 Å². The van der Waals surface area contributed by atoms with Crippen LogP contribution in [-0.4, -0.2) is 43.3 Å². The molecule has 0 spiro atoms. The lowest BCUT2D eigenvalue weighted by molar-refractivity contribution is 0.350. The van der Waals surface area contributed by atoms with E-state index in [1.54, 1.807) is 19.2 Å². The summed E-state index contributed by atoms with van der Waals surface area (Å²) in [5.41, 5.74) is 1.58. The van der Waals surface area contributed by atoms with Crippen molar-refractivity contribution in [1.29, 1.82) is 0 Å². The smallest absolute Gasteiger partial charge is 0.225 e. The highest BCUT2D eigenvalue weighted by molar-refractivity contribution is 5.90. The molecule has 4 rings (SSSR count). The lowest BCUT2D eigenvalue weighted by atomic mass is 9.91. The molecule has 1 aromatic heterocycles. The van der Waals surface area contributed by atoms with E-state index in [-0.39, 0.29) is 5.82 Å². The highest BCUT2D eigenvalue weighted by Gasteiger charge is 2.22. The second kappa shape index (κ2) is 9.47. The summed E-state index contributed by atoms with van der Waals surface area (Å²) in [5, 5.41) is 8.09. The molecule has 3 aromatic rings. The Morgan fingerprint density at radius 1 is 1.03 bits per heavy atom. The summed E-state index contributed by atoms with van der Waals surface area (Å²) >= 11 is 0. The molecule has 0 radical (unpaired) electrons. The molecule has 164 valence electrons. The van der Waals surface area contributed by atoms with Gasteiger partial charge < -0.3 is 20.3 Å². The van der Waals surface area contributed by atoms with Gasteiger partial charge in [-0.2, -0.15) is 4.98 Å². The van der Waals surface area contributed by atoms with Crippen molar-refractivity contribution in [3.63, 3.8) is 0 Å². The minimum absolute atomic E-state index is 0.200. The van der Waals surface area contributed by atoms with E-state index < -0.39 is 0 Å².